The van der Waals surface area contributed by atoms with E-state index in [0.29, 0.717) is 0 Å². The molecule has 0 aliphatic carbocycles. The summed E-state index contributed by atoms with van der Waals surface area (Å²) in [6.07, 6.45) is -5.47. The molecule has 0 aromatic heterocycles. The van der Waals surface area contributed by atoms with Crippen molar-refractivity contribution in [1.29, 1.82) is 0 Å². The van der Waals surface area contributed by atoms with E-state index in [-0.39, 0.29) is 13.0 Å². The highest BCUT2D eigenvalue weighted by Crippen LogP contribution is 2.30. The van der Waals surface area contributed by atoms with Gasteiger partial charge in [0.05, 0.1) is 6.61 Å². The van der Waals surface area contributed by atoms with Crippen molar-refractivity contribution in [2.24, 2.45) is 0 Å². The van der Waals surface area contributed by atoms with E-state index in [4.69, 9.17) is 0 Å². The summed E-state index contributed by atoms with van der Waals surface area (Å²) >= 11 is 0. The molecule has 1 aliphatic heterocycles. The van der Waals surface area contributed by atoms with Crippen LogP contribution >= 0.6 is 0 Å². The van der Waals surface area contributed by atoms with Crippen molar-refractivity contribution in [3.63, 3.8) is 0 Å². The lowest BCUT2D eigenvalue weighted by Crippen LogP contribution is -2.40. The first-order chi connectivity index (χ1) is 3.61. The second kappa shape index (κ2) is 1.62. The predicted octanol–water partition coefficient (Wildman–Crippen LogP) is 1.34. The fourth-order valence-electron chi connectivity index (χ4n) is 0.494. The van der Waals surface area contributed by atoms with Gasteiger partial charge in [-0.25, -0.2) is 0 Å². The van der Waals surface area contributed by atoms with E-state index in [0.717, 1.165) is 0 Å². The number of rotatable bonds is 0. The summed E-state index contributed by atoms with van der Waals surface area (Å²) in [4.78, 5) is 0. The first kappa shape index (κ1) is 5.88. The molecule has 0 N–H and O–H groups in total. The van der Waals surface area contributed by atoms with Crippen LogP contribution in [0.5, 0.6) is 0 Å². The molecule has 0 radical (unpaired) electrons. The van der Waals surface area contributed by atoms with Crippen LogP contribution < -0.4 is 0 Å². The first-order valence-electron chi connectivity index (χ1n) is 2.29. The van der Waals surface area contributed by atoms with Crippen LogP contribution in [0, 0.1) is 0 Å². The average molecular weight is 126 g/mol. The van der Waals surface area contributed by atoms with Crippen molar-refractivity contribution < 1.29 is 17.9 Å². The lowest BCUT2D eigenvalue weighted by atomic mass is 10.2. The molecule has 0 unspecified atom stereocenters. The van der Waals surface area contributed by atoms with Crippen LogP contribution in [0.25, 0.3) is 0 Å². The number of halogens is 3. The van der Waals surface area contributed by atoms with Crippen LogP contribution in [-0.2, 0) is 4.74 Å². The van der Waals surface area contributed by atoms with Crippen LogP contribution in [-0.4, -0.2) is 18.9 Å². The quantitative estimate of drug-likeness (QED) is 0.475. The van der Waals surface area contributed by atoms with Gasteiger partial charge in [-0.2, -0.15) is 13.2 Å². The van der Waals surface area contributed by atoms with Crippen molar-refractivity contribution >= 4 is 0 Å². The maximum Gasteiger partial charge on any atom is 0.414 e. The summed E-state index contributed by atoms with van der Waals surface area (Å²) in [5.74, 6) is 0. The fourth-order valence-corrected chi connectivity index (χ4v) is 0.494. The number of hydrogen-bond donors (Lipinski definition) is 0. The Morgan fingerprint density at radius 1 is 1.38 bits per heavy atom. The van der Waals surface area contributed by atoms with Crippen molar-refractivity contribution in [2.45, 2.75) is 18.7 Å². The molecule has 1 atom stereocenters. The Labute approximate surface area is 44.4 Å². The van der Waals surface area contributed by atoms with E-state index >= 15 is 0 Å². The summed E-state index contributed by atoms with van der Waals surface area (Å²) < 4.78 is 38.3. The lowest BCUT2D eigenvalue weighted by Gasteiger charge is -2.27. The van der Waals surface area contributed by atoms with Crippen LogP contribution in [0.3, 0.4) is 0 Å². The molecular weight excluding hydrogens is 121 g/mol. The Kier molecular flexibility index (Phi) is 1.19. The predicted molar refractivity (Wildman–Crippen MR) is 20.4 cm³/mol. The summed E-state index contributed by atoms with van der Waals surface area (Å²) in [5.41, 5.74) is 0. The maximum absolute atomic E-state index is 11.4. The average Bonchev–Trinajstić information content (AvgIpc) is 1.16. The molecule has 0 bridgehead atoms. The Balaban J connectivity index is 2.34. The van der Waals surface area contributed by atoms with Crippen LogP contribution in [0.1, 0.15) is 6.42 Å². The number of hydrogen-bond acceptors (Lipinski definition) is 1. The molecule has 1 saturated heterocycles. The summed E-state index contributed by atoms with van der Waals surface area (Å²) in [6, 6.07) is 0. The Hall–Kier alpha value is -0.250. The van der Waals surface area contributed by atoms with Crippen molar-refractivity contribution in [2.75, 3.05) is 6.61 Å². The lowest BCUT2D eigenvalue weighted by molar-refractivity contribution is -0.260. The molecule has 8 heavy (non-hydrogen) atoms. The zero-order chi connectivity index (χ0) is 6.20. The first-order valence-corrected chi connectivity index (χ1v) is 2.29. The van der Waals surface area contributed by atoms with Gasteiger partial charge in [0.2, 0.25) is 0 Å². The van der Waals surface area contributed by atoms with Crippen LogP contribution in [0.2, 0.25) is 0 Å². The molecule has 0 aromatic rings. The van der Waals surface area contributed by atoms with Gasteiger partial charge in [-0.05, 0) is 0 Å². The topological polar surface area (TPSA) is 9.23 Å². The highest BCUT2D eigenvalue weighted by atomic mass is 19.4. The molecule has 1 heterocycles. The monoisotopic (exact) mass is 126 g/mol. The zero-order valence-corrected chi connectivity index (χ0v) is 4.03. The van der Waals surface area contributed by atoms with Gasteiger partial charge in [0.1, 0.15) is 0 Å². The van der Waals surface area contributed by atoms with Crippen LogP contribution in [0.4, 0.5) is 13.2 Å². The molecule has 0 saturated carbocycles. The zero-order valence-electron chi connectivity index (χ0n) is 4.03. The summed E-state index contributed by atoms with van der Waals surface area (Å²) in [7, 11) is 0. The van der Waals surface area contributed by atoms with Gasteiger partial charge in [0.15, 0.2) is 6.10 Å². The van der Waals surface area contributed by atoms with Gasteiger partial charge in [-0.1, -0.05) is 0 Å². The third kappa shape index (κ3) is 0.940. The van der Waals surface area contributed by atoms with Gasteiger partial charge in [0, 0.05) is 6.42 Å². The second-order valence-corrected chi connectivity index (χ2v) is 1.69. The van der Waals surface area contributed by atoms with E-state index in [1.165, 1.54) is 0 Å². The Morgan fingerprint density at radius 3 is 1.88 bits per heavy atom. The molecule has 1 aliphatic rings. The van der Waals surface area contributed by atoms with E-state index in [2.05, 4.69) is 4.74 Å². The standard InChI is InChI=1S/C4H5F3O/c5-4(6,7)3-1-2-8-3/h3H,1-2H2/t3-/m0/s1. The SMILES string of the molecule is FC(F)(F)[C@@H]1CCO1. The highest BCUT2D eigenvalue weighted by Gasteiger charge is 2.44. The molecule has 1 rings (SSSR count). The van der Waals surface area contributed by atoms with Crippen molar-refractivity contribution in [3.05, 3.63) is 0 Å². The molecule has 1 fully saturated rings. The molecule has 0 amide bonds. The Morgan fingerprint density at radius 2 is 1.88 bits per heavy atom. The summed E-state index contributed by atoms with van der Waals surface area (Å²) in [5, 5.41) is 0. The molecular formula is C4H5F3O. The fraction of sp³-hybridized carbons (Fsp3) is 1.00. The number of ether oxygens (including phenoxy) is 1. The van der Waals surface area contributed by atoms with Gasteiger partial charge >= 0.3 is 6.18 Å². The molecule has 0 aromatic carbocycles. The van der Waals surface area contributed by atoms with E-state index < -0.39 is 12.3 Å². The second-order valence-electron chi connectivity index (χ2n) is 1.69. The minimum absolute atomic E-state index is 0.128. The van der Waals surface area contributed by atoms with Gasteiger partial charge in [-0.15, -0.1) is 0 Å². The third-order valence-corrected chi connectivity index (χ3v) is 1.06. The molecule has 48 valence electrons. The van der Waals surface area contributed by atoms with E-state index in [1.807, 2.05) is 0 Å². The van der Waals surface area contributed by atoms with Gasteiger partial charge in [0.25, 0.3) is 0 Å². The number of alkyl halides is 3. The largest absolute Gasteiger partial charge is 0.414 e. The van der Waals surface area contributed by atoms with E-state index in [1.54, 1.807) is 0 Å². The van der Waals surface area contributed by atoms with Crippen LogP contribution in [0.15, 0.2) is 0 Å². The van der Waals surface area contributed by atoms with Gasteiger partial charge < -0.3 is 4.74 Å². The van der Waals surface area contributed by atoms with E-state index in [9.17, 15) is 13.2 Å². The maximum atomic E-state index is 11.4. The normalized spacial score (nSPS) is 29.6. The minimum Gasteiger partial charge on any atom is -0.369 e. The third-order valence-electron chi connectivity index (χ3n) is 1.06. The van der Waals surface area contributed by atoms with Gasteiger partial charge in [-0.3, -0.25) is 0 Å². The molecule has 4 heteroatoms. The Bertz CT molecular complexity index is 83.8. The molecule has 1 nitrogen and oxygen atoms in total. The highest BCUT2D eigenvalue weighted by molar-refractivity contribution is 4.73. The smallest absolute Gasteiger partial charge is 0.369 e. The van der Waals surface area contributed by atoms with Crippen molar-refractivity contribution in [3.8, 4) is 0 Å². The summed E-state index contributed by atoms with van der Waals surface area (Å²) in [6.45, 7) is 0.254. The minimum atomic E-state index is -4.13. The van der Waals surface area contributed by atoms with Crippen molar-refractivity contribution in [1.82, 2.24) is 0 Å². The molecule has 0 spiro atoms.